The van der Waals surface area contributed by atoms with Gasteiger partial charge in [-0.1, -0.05) is 51.1 Å². The molecule has 0 aliphatic rings. The van der Waals surface area contributed by atoms with Gasteiger partial charge in [0.15, 0.2) is 0 Å². The van der Waals surface area contributed by atoms with E-state index in [1.165, 1.54) is 5.56 Å². The molecule has 14 heavy (non-hydrogen) atoms. The summed E-state index contributed by atoms with van der Waals surface area (Å²) < 4.78 is 0. The fraction of sp³-hybridized carbons (Fsp3) is 0.500. The van der Waals surface area contributed by atoms with Crippen LogP contribution in [0.4, 0.5) is 0 Å². The van der Waals surface area contributed by atoms with Crippen LogP contribution in [-0.4, -0.2) is 0 Å². The van der Waals surface area contributed by atoms with Crippen LogP contribution in [0.5, 0.6) is 0 Å². The highest BCUT2D eigenvalue weighted by Gasteiger charge is 2.16. The second-order valence-corrected chi connectivity index (χ2v) is 4.78. The van der Waals surface area contributed by atoms with Gasteiger partial charge in [0.25, 0.3) is 0 Å². The van der Waals surface area contributed by atoms with Crippen LogP contribution in [0.15, 0.2) is 30.3 Å². The summed E-state index contributed by atoms with van der Waals surface area (Å²) in [7, 11) is 0. The van der Waals surface area contributed by atoms with Gasteiger partial charge in [-0.05, 0) is 17.4 Å². The zero-order valence-electron chi connectivity index (χ0n) is 9.16. The van der Waals surface area contributed by atoms with Gasteiger partial charge in [0.05, 0.1) is 0 Å². The Labute approximate surface area is 93.1 Å². The SMILES string of the molecule is CC(C)(C)CC(N)c1ccccc1.Cl. The Morgan fingerprint density at radius 3 is 2.07 bits per heavy atom. The van der Waals surface area contributed by atoms with E-state index in [1.54, 1.807) is 0 Å². The number of benzene rings is 1. The van der Waals surface area contributed by atoms with Gasteiger partial charge in [-0.15, -0.1) is 12.4 Å². The van der Waals surface area contributed by atoms with E-state index in [-0.39, 0.29) is 18.4 Å². The zero-order valence-corrected chi connectivity index (χ0v) is 9.97. The van der Waals surface area contributed by atoms with Crippen LogP contribution in [-0.2, 0) is 0 Å². The van der Waals surface area contributed by atoms with Crippen molar-refractivity contribution in [2.24, 2.45) is 11.1 Å². The number of hydrogen-bond donors (Lipinski definition) is 1. The Morgan fingerprint density at radius 2 is 1.64 bits per heavy atom. The molecule has 0 bridgehead atoms. The minimum Gasteiger partial charge on any atom is -0.324 e. The molecule has 2 heteroatoms. The van der Waals surface area contributed by atoms with E-state index in [0.29, 0.717) is 5.41 Å². The van der Waals surface area contributed by atoms with E-state index in [9.17, 15) is 0 Å². The Morgan fingerprint density at radius 1 is 1.14 bits per heavy atom. The molecule has 0 amide bonds. The quantitative estimate of drug-likeness (QED) is 0.799. The zero-order chi connectivity index (χ0) is 9.90. The molecule has 0 aliphatic carbocycles. The van der Waals surface area contributed by atoms with Crippen LogP contribution in [0.2, 0.25) is 0 Å². The summed E-state index contributed by atoms with van der Waals surface area (Å²) in [6, 6.07) is 10.5. The largest absolute Gasteiger partial charge is 0.324 e. The molecule has 1 aromatic carbocycles. The van der Waals surface area contributed by atoms with Gasteiger partial charge in [-0.2, -0.15) is 0 Å². The van der Waals surface area contributed by atoms with E-state index in [1.807, 2.05) is 18.2 Å². The molecule has 2 N–H and O–H groups in total. The van der Waals surface area contributed by atoms with E-state index < -0.39 is 0 Å². The van der Waals surface area contributed by atoms with E-state index in [4.69, 9.17) is 5.73 Å². The van der Waals surface area contributed by atoms with Gasteiger partial charge >= 0.3 is 0 Å². The lowest BCUT2D eigenvalue weighted by Crippen LogP contribution is -2.18. The molecule has 0 radical (unpaired) electrons. The molecule has 1 atom stereocenters. The van der Waals surface area contributed by atoms with Crippen molar-refractivity contribution < 1.29 is 0 Å². The van der Waals surface area contributed by atoms with Crippen molar-refractivity contribution in [1.82, 2.24) is 0 Å². The normalized spacial score (nSPS) is 13.1. The molecule has 0 saturated heterocycles. The summed E-state index contributed by atoms with van der Waals surface area (Å²) in [5.41, 5.74) is 7.62. The Balaban J connectivity index is 0.00000169. The lowest BCUT2D eigenvalue weighted by atomic mass is 9.86. The highest BCUT2D eigenvalue weighted by atomic mass is 35.5. The minimum absolute atomic E-state index is 0. The predicted molar refractivity (Wildman–Crippen MR) is 64.7 cm³/mol. The molecule has 0 heterocycles. The standard InChI is InChI=1S/C12H19N.ClH/c1-12(2,3)9-11(13)10-7-5-4-6-8-10;/h4-8,11H,9,13H2,1-3H3;1H. The topological polar surface area (TPSA) is 26.0 Å². The van der Waals surface area contributed by atoms with Crippen LogP contribution < -0.4 is 5.73 Å². The lowest BCUT2D eigenvalue weighted by Gasteiger charge is -2.23. The molecule has 1 nitrogen and oxygen atoms in total. The molecule has 1 aromatic rings. The van der Waals surface area contributed by atoms with E-state index in [2.05, 4.69) is 32.9 Å². The number of rotatable bonds is 2. The number of nitrogens with two attached hydrogens (primary N) is 1. The second-order valence-electron chi connectivity index (χ2n) is 4.78. The van der Waals surface area contributed by atoms with Crippen molar-refractivity contribution >= 4 is 12.4 Å². The van der Waals surface area contributed by atoms with Crippen molar-refractivity contribution in [3.63, 3.8) is 0 Å². The van der Waals surface area contributed by atoms with Gasteiger partial charge in [-0.3, -0.25) is 0 Å². The van der Waals surface area contributed by atoms with Crippen LogP contribution in [0.25, 0.3) is 0 Å². The molecule has 0 aliphatic heterocycles. The molecule has 80 valence electrons. The molecule has 0 fully saturated rings. The van der Waals surface area contributed by atoms with Crippen LogP contribution in [0, 0.1) is 5.41 Å². The average molecular weight is 214 g/mol. The monoisotopic (exact) mass is 213 g/mol. The van der Waals surface area contributed by atoms with Crippen molar-refractivity contribution in [3.05, 3.63) is 35.9 Å². The predicted octanol–water partition coefficient (Wildman–Crippen LogP) is 3.54. The average Bonchev–Trinajstić information content (AvgIpc) is 2.03. The maximum absolute atomic E-state index is 6.08. The van der Waals surface area contributed by atoms with Gasteiger partial charge < -0.3 is 5.73 Å². The molecule has 1 unspecified atom stereocenters. The fourth-order valence-electron chi connectivity index (χ4n) is 1.48. The van der Waals surface area contributed by atoms with E-state index >= 15 is 0 Å². The Bertz CT molecular complexity index is 251. The van der Waals surface area contributed by atoms with Crippen molar-refractivity contribution in [2.45, 2.75) is 33.2 Å². The number of halogens is 1. The number of hydrogen-bond acceptors (Lipinski definition) is 1. The van der Waals surface area contributed by atoms with Gasteiger partial charge in [0, 0.05) is 6.04 Å². The third-order valence-electron chi connectivity index (χ3n) is 2.06. The smallest absolute Gasteiger partial charge is 0.0299 e. The fourth-order valence-corrected chi connectivity index (χ4v) is 1.48. The van der Waals surface area contributed by atoms with Crippen LogP contribution in [0.3, 0.4) is 0 Å². The van der Waals surface area contributed by atoms with Crippen LogP contribution in [0.1, 0.15) is 38.8 Å². The van der Waals surface area contributed by atoms with Gasteiger partial charge in [0.1, 0.15) is 0 Å². The minimum atomic E-state index is 0. The molecule has 0 aromatic heterocycles. The first-order chi connectivity index (χ1) is 5.99. The van der Waals surface area contributed by atoms with Crippen molar-refractivity contribution in [1.29, 1.82) is 0 Å². The molecule has 0 spiro atoms. The van der Waals surface area contributed by atoms with Crippen molar-refractivity contribution in [2.75, 3.05) is 0 Å². The highest BCUT2D eigenvalue weighted by molar-refractivity contribution is 5.85. The van der Waals surface area contributed by atoms with Crippen molar-refractivity contribution in [3.8, 4) is 0 Å². The lowest BCUT2D eigenvalue weighted by molar-refractivity contribution is 0.343. The van der Waals surface area contributed by atoms with Crippen LogP contribution >= 0.6 is 12.4 Å². The summed E-state index contributed by atoms with van der Waals surface area (Å²) in [5.74, 6) is 0. The molecular formula is C12H20ClN. The first kappa shape index (κ1) is 13.5. The first-order valence-corrected chi connectivity index (χ1v) is 4.79. The highest BCUT2D eigenvalue weighted by Crippen LogP contribution is 2.27. The third kappa shape index (κ3) is 4.64. The summed E-state index contributed by atoms with van der Waals surface area (Å²) in [4.78, 5) is 0. The van der Waals surface area contributed by atoms with Gasteiger partial charge in [0.2, 0.25) is 0 Å². The Kier molecular flexibility index (Phi) is 5.17. The second kappa shape index (κ2) is 5.38. The van der Waals surface area contributed by atoms with Gasteiger partial charge in [-0.25, -0.2) is 0 Å². The molecule has 0 saturated carbocycles. The summed E-state index contributed by atoms with van der Waals surface area (Å²) in [5, 5.41) is 0. The van der Waals surface area contributed by atoms with E-state index in [0.717, 1.165) is 6.42 Å². The Hall–Kier alpha value is -0.530. The first-order valence-electron chi connectivity index (χ1n) is 4.79. The third-order valence-corrected chi connectivity index (χ3v) is 2.06. The summed E-state index contributed by atoms with van der Waals surface area (Å²) in [6.07, 6.45) is 1.02. The maximum Gasteiger partial charge on any atom is 0.0299 e. The molecule has 1 rings (SSSR count). The maximum atomic E-state index is 6.08. The summed E-state index contributed by atoms with van der Waals surface area (Å²) in [6.45, 7) is 6.65. The molecular weight excluding hydrogens is 194 g/mol. The summed E-state index contributed by atoms with van der Waals surface area (Å²) >= 11 is 0.